The van der Waals surface area contributed by atoms with Gasteiger partial charge in [0.05, 0.1) is 0 Å². The molecule has 6 unspecified atom stereocenters. The molecule has 0 heterocycles. The molecule has 0 heteroatoms. The molecule has 0 aromatic rings. The molecule has 23 rings (SSSR count). The van der Waals surface area contributed by atoms with E-state index in [1.807, 2.05) is 0 Å². The van der Waals surface area contributed by atoms with Gasteiger partial charge in [0.2, 0.25) is 0 Å². The molecule has 23 fully saturated rings. The zero-order valence-corrected chi connectivity index (χ0v) is 64.9. The van der Waals surface area contributed by atoms with Crippen molar-refractivity contribution in [2.24, 2.45) is 163 Å². The van der Waals surface area contributed by atoms with Crippen LogP contribution in [0.5, 0.6) is 0 Å². The summed E-state index contributed by atoms with van der Waals surface area (Å²) in [6.45, 7) is 39.0. The van der Waals surface area contributed by atoms with Crippen LogP contribution in [0.25, 0.3) is 0 Å². The van der Waals surface area contributed by atoms with Crippen LogP contribution in [0.4, 0.5) is 0 Å². The van der Waals surface area contributed by atoms with Crippen molar-refractivity contribution in [3.8, 4) is 0 Å². The van der Waals surface area contributed by atoms with Gasteiger partial charge in [0.1, 0.15) is 0 Å². The number of rotatable bonds is 3. The van der Waals surface area contributed by atoms with Crippen LogP contribution >= 0.6 is 0 Å². The highest BCUT2D eigenvalue weighted by Gasteiger charge is 2.52. The molecule has 0 nitrogen and oxygen atoms in total. The molecule has 1 spiro atoms. The van der Waals surface area contributed by atoms with Gasteiger partial charge < -0.3 is 0 Å². The van der Waals surface area contributed by atoms with E-state index in [1.165, 1.54) is 180 Å². The van der Waals surface area contributed by atoms with Crippen LogP contribution in [0.15, 0.2) is 0 Å². The first kappa shape index (κ1) is 73.7. The number of hydrogen-bond acceptors (Lipinski definition) is 0. The van der Waals surface area contributed by atoms with Gasteiger partial charge in [0.15, 0.2) is 0 Å². The van der Waals surface area contributed by atoms with Gasteiger partial charge in [-0.05, 0) is 381 Å². The van der Waals surface area contributed by atoms with Gasteiger partial charge in [-0.25, -0.2) is 0 Å². The summed E-state index contributed by atoms with van der Waals surface area (Å²) in [5.41, 5.74) is 4.48. The van der Waals surface area contributed by atoms with Crippen molar-refractivity contribution >= 4 is 0 Å². The van der Waals surface area contributed by atoms with Gasteiger partial charge in [-0.3, -0.25) is 0 Å². The molecular weight excluding hydrogens is 1090 g/mol. The summed E-state index contributed by atoms with van der Waals surface area (Å²) >= 11 is 0. The molecule has 0 amide bonds. The van der Waals surface area contributed by atoms with E-state index in [1.54, 1.807) is 122 Å². The molecule has 23 aliphatic carbocycles. The molecular formula is C91H164. The molecule has 528 valence electrons. The lowest BCUT2D eigenvalue weighted by Crippen LogP contribution is -2.45. The van der Waals surface area contributed by atoms with Crippen LogP contribution in [-0.4, -0.2) is 0 Å². The summed E-state index contributed by atoms with van der Waals surface area (Å²) in [6.07, 6.45) is 72.0. The molecule has 0 aliphatic heterocycles. The Morgan fingerprint density at radius 3 is 1.10 bits per heavy atom. The number of hydrogen-bond donors (Lipinski definition) is 0. The third-order valence-electron chi connectivity index (χ3n) is 36.0. The molecule has 23 saturated carbocycles. The SMILES string of the molecule is CC1C2CCC(CC2)[C@H]1C.CC1CCC2(CCCCC2)CC1.CCC1(C)CCCC1.CCC12CC3CC(CC(C3)C1)C2.CCC1CC2CCC1C2.C[C@@H]1C2CCC(C2)C1(C)C.C[C@@H]1C2CCC(CC2)C1(C)C.C[C@H]1CC2CCC1(C)CC2.C[C@H]1CC2CCC1CC2. The highest BCUT2D eigenvalue weighted by molar-refractivity contribution is 5.02. The number of fused-ring (bicyclic) bond motifs is 16. The average Bonchev–Trinajstić information content (AvgIpc) is 1.64. The summed E-state index contributed by atoms with van der Waals surface area (Å²) in [5.74, 6) is 23.8. The summed E-state index contributed by atoms with van der Waals surface area (Å²) in [5, 5.41) is 0. The van der Waals surface area contributed by atoms with E-state index in [2.05, 4.69) is 111 Å². The first-order valence-electron chi connectivity index (χ1n) is 43.4. The lowest BCUT2D eigenvalue weighted by molar-refractivity contribution is -0.0545. The maximum absolute atomic E-state index is 2.49. The fourth-order valence-electron chi connectivity index (χ4n) is 27.4. The van der Waals surface area contributed by atoms with Crippen molar-refractivity contribution in [2.75, 3.05) is 0 Å². The topological polar surface area (TPSA) is 0 Å². The van der Waals surface area contributed by atoms with Crippen molar-refractivity contribution in [2.45, 2.75) is 413 Å². The van der Waals surface area contributed by atoms with Crippen molar-refractivity contribution in [3.05, 3.63) is 0 Å². The van der Waals surface area contributed by atoms with Crippen LogP contribution in [0.2, 0.25) is 0 Å². The molecule has 91 heavy (non-hydrogen) atoms. The van der Waals surface area contributed by atoms with Crippen molar-refractivity contribution in [3.63, 3.8) is 0 Å². The Hall–Kier alpha value is 0. The van der Waals surface area contributed by atoms with Crippen molar-refractivity contribution in [1.29, 1.82) is 0 Å². The Labute approximate surface area is 572 Å². The summed E-state index contributed by atoms with van der Waals surface area (Å²) < 4.78 is 0. The Morgan fingerprint density at radius 2 is 0.780 bits per heavy atom. The van der Waals surface area contributed by atoms with E-state index in [0.29, 0.717) is 10.8 Å². The van der Waals surface area contributed by atoms with Gasteiger partial charge in [0.25, 0.3) is 0 Å². The third-order valence-corrected chi connectivity index (χ3v) is 36.0. The predicted octanol–water partition coefficient (Wildman–Crippen LogP) is 29.3. The van der Waals surface area contributed by atoms with E-state index in [0.717, 1.165) is 152 Å². The van der Waals surface area contributed by atoms with E-state index >= 15 is 0 Å². The van der Waals surface area contributed by atoms with E-state index in [-0.39, 0.29) is 0 Å². The van der Waals surface area contributed by atoms with Gasteiger partial charge in [0, 0.05) is 0 Å². The Morgan fingerprint density at radius 1 is 0.319 bits per heavy atom. The Kier molecular flexibility index (Phi) is 26.0. The molecule has 11 atom stereocenters. The fourth-order valence-corrected chi connectivity index (χ4v) is 27.4. The first-order valence-corrected chi connectivity index (χ1v) is 43.4. The summed E-state index contributed by atoms with van der Waals surface area (Å²) in [4.78, 5) is 0. The normalized spacial score (nSPS) is 46.5. The second-order valence-corrected chi connectivity index (χ2v) is 41.5. The summed E-state index contributed by atoms with van der Waals surface area (Å²) in [6, 6.07) is 0. The average molecular weight is 1260 g/mol. The zero-order valence-electron chi connectivity index (χ0n) is 64.9. The van der Waals surface area contributed by atoms with E-state index in [4.69, 9.17) is 0 Å². The van der Waals surface area contributed by atoms with Crippen LogP contribution in [0.3, 0.4) is 0 Å². The predicted molar refractivity (Wildman–Crippen MR) is 399 cm³/mol. The van der Waals surface area contributed by atoms with Gasteiger partial charge in [-0.1, -0.05) is 194 Å². The quantitative estimate of drug-likeness (QED) is 0.264. The Bertz CT molecular complexity index is 2020. The molecule has 0 N–H and O–H groups in total. The molecule has 23 aliphatic rings. The Balaban J connectivity index is 0.000000113. The summed E-state index contributed by atoms with van der Waals surface area (Å²) in [7, 11) is 0. The zero-order chi connectivity index (χ0) is 64.9. The van der Waals surface area contributed by atoms with Gasteiger partial charge in [-0.2, -0.15) is 0 Å². The lowest BCUT2D eigenvalue weighted by Gasteiger charge is -2.56. The molecule has 0 saturated heterocycles. The molecule has 0 radical (unpaired) electrons. The lowest BCUT2D eigenvalue weighted by atomic mass is 9.49. The molecule has 0 aromatic carbocycles. The third kappa shape index (κ3) is 18.1. The smallest absolute Gasteiger partial charge is 0.0292 e. The van der Waals surface area contributed by atoms with Crippen molar-refractivity contribution < 1.29 is 0 Å². The highest BCUT2D eigenvalue weighted by atomic mass is 14.6. The molecule has 0 aromatic heterocycles. The fraction of sp³-hybridized carbons (Fsp3) is 1.00. The largest absolute Gasteiger partial charge is 0.0651 e. The maximum Gasteiger partial charge on any atom is -0.0292 e. The van der Waals surface area contributed by atoms with E-state index in [9.17, 15) is 0 Å². The maximum atomic E-state index is 2.49. The first-order chi connectivity index (χ1) is 43.4. The van der Waals surface area contributed by atoms with Crippen molar-refractivity contribution in [1.82, 2.24) is 0 Å². The second kappa shape index (κ2) is 32.1. The monoisotopic (exact) mass is 1260 g/mol. The highest BCUT2D eigenvalue weighted by Crippen LogP contribution is 2.63. The minimum Gasteiger partial charge on any atom is -0.0651 e. The molecule has 16 bridgehead atoms. The van der Waals surface area contributed by atoms with Gasteiger partial charge >= 0.3 is 0 Å². The second-order valence-electron chi connectivity index (χ2n) is 41.5. The standard InChI is InChI=1S/C12H20.C12H22.C11H20.3C10H18.2C9H16.C8H16/c1-2-12-6-9-3-10(7-12)5-11(4-9)8-12;1-11-5-9-12(10-6-11)7-3-2-4-8-12;1-8-9-4-6-10(7-5-9)11(8,2)3;1-7-8-4-5-9(6-8)10(7,2)3;1-8-7-9-3-5-10(8,2)6-4-9;1-7-8(2)10-5-3-9(7)4-6-10;1-7-6-8-2-4-9(7)5-3-8;1-2-8-5-7-3-4-9(8)6-7;1-3-8(2)6-4-5-7-8/h9-11H,2-8H2,1H3;11H,2-10H2,1H3;8-10H,4-7H2,1-3H3;7-9H,4-6H2,1-3H3;8-9H,3-7H2,1-2H3;7-10H,3-6H2,1-2H3;2*7-9H,2-6H2,1H3;3-7H2,1-2H3/t;;8-,9?,10?;7-,8?,9?;8-,9?,10?;7-,8?,9?,10?;7-,8?,9?;;/m..11000../s1. The van der Waals surface area contributed by atoms with Gasteiger partial charge in [-0.15, -0.1) is 0 Å². The minimum absolute atomic E-state index is 0.654. The van der Waals surface area contributed by atoms with E-state index < -0.39 is 0 Å². The van der Waals surface area contributed by atoms with Crippen LogP contribution in [0.1, 0.15) is 413 Å². The van der Waals surface area contributed by atoms with Crippen LogP contribution < -0.4 is 0 Å². The van der Waals surface area contributed by atoms with Crippen LogP contribution in [0, 0.1) is 163 Å². The minimum atomic E-state index is 0.654. The van der Waals surface area contributed by atoms with Crippen LogP contribution in [-0.2, 0) is 0 Å².